The number of halogens is 1. The molecule has 2 N–H and O–H groups in total. The number of nitrogens with zero attached hydrogens (tertiary/aromatic N) is 2. The summed E-state index contributed by atoms with van der Waals surface area (Å²) >= 11 is 5.07. The Morgan fingerprint density at radius 2 is 2.31 bits per heavy atom. The maximum absolute atomic E-state index is 5.61. The number of nitrogen functional groups attached to an aromatic ring is 1. The molecule has 0 aromatic carbocycles. The molecule has 1 rings (SSSR count). The quantitative estimate of drug-likeness (QED) is 0.515. The van der Waals surface area contributed by atoms with E-state index in [9.17, 15) is 0 Å². The van der Waals surface area contributed by atoms with Crippen molar-refractivity contribution in [2.24, 2.45) is 0 Å². The van der Waals surface area contributed by atoms with Crippen LogP contribution in [0.2, 0.25) is 0 Å². The van der Waals surface area contributed by atoms with E-state index in [0.29, 0.717) is 5.82 Å². The fraction of sp³-hybridized carbons (Fsp3) is 0.500. The summed E-state index contributed by atoms with van der Waals surface area (Å²) in [6, 6.07) is 0. The highest BCUT2D eigenvalue weighted by Crippen LogP contribution is 2.28. The first-order valence-corrected chi connectivity index (χ1v) is 5.92. The van der Waals surface area contributed by atoms with Gasteiger partial charge in [0.2, 0.25) is 0 Å². The Labute approximate surface area is 90.7 Å². The molecule has 1 aromatic heterocycles. The third-order valence-corrected chi connectivity index (χ3v) is 3.64. The maximum Gasteiger partial charge on any atom is 0.142 e. The van der Waals surface area contributed by atoms with Crippen LogP contribution < -0.4 is 5.73 Å². The molecule has 0 amide bonds. The number of hydrogen-bond donors (Lipinski definition) is 1. The van der Waals surface area contributed by atoms with Crippen LogP contribution in [0.25, 0.3) is 0 Å². The molecule has 72 valence electrons. The van der Waals surface area contributed by atoms with E-state index in [1.165, 1.54) is 19.2 Å². The van der Waals surface area contributed by atoms with Crippen LogP contribution in [0.5, 0.6) is 0 Å². The van der Waals surface area contributed by atoms with Gasteiger partial charge in [-0.15, -0.1) is 11.8 Å². The fourth-order valence-corrected chi connectivity index (χ4v) is 2.31. The molecule has 0 spiro atoms. The van der Waals surface area contributed by atoms with E-state index in [2.05, 4.69) is 32.8 Å². The van der Waals surface area contributed by atoms with Crippen molar-refractivity contribution in [1.82, 2.24) is 9.97 Å². The van der Waals surface area contributed by atoms with Crippen LogP contribution in [0.3, 0.4) is 0 Å². The molecule has 5 heteroatoms. The van der Waals surface area contributed by atoms with Crippen LogP contribution in [0.1, 0.15) is 19.8 Å². The SMILES string of the molecule is CCCCSc1ncnc(N)c1Br. The predicted molar refractivity (Wildman–Crippen MR) is 59.8 cm³/mol. The van der Waals surface area contributed by atoms with Crippen LogP contribution in [0, 0.1) is 0 Å². The highest BCUT2D eigenvalue weighted by atomic mass is 79.9. The molecule has 13 heavy (non-hydrogen) atoms. The monoisotopic (exact) mass is 261 g/mol. The lowest BCUT2D eigenvalue weighted by atomic mass is 10.4. The molecule has 0 bridgehead atoms. The molecule has 0 aliphatic heterocycles. The van der Waals surface area contributed by atoms with Gasteiger partial charge >= 0.3 is 0 Å². The molecule has 0 aliphatic rings. The second kappa shape index (κ2) is 5.44. The first-order chi connectivity index (χ1) is 6.25. The Balaban J connectivity index is 2.61. The van der Waals surface area contributed by atoms with Gasteiger partial charge in [0.15, 0.2) is 0 Å². The third kappa shape index (κ3) is 3.15. The largest absolute Gasteiger partial charge is 0.383 e. The molecule has 0 saturated heterocycles. The lowest BCUT2D eigenvalue weighted by molar-refractivity contribution is 0.893. The smallest absolute Gasteiger partial charge is 0.142 e. The minimum Gasteiger partial charge on any atom is -0.383 e. The van der Waals surface area contributed by atoms with Crippen molar-refractivity contribution in [3.63, 3.8) is 0 Å². The predicted octanol–water partition coefficient (Wildman–Crippen LogP) is 2.71. The van der Waals surface area contributed by atoms with Gasteiger partial charge in [0.05, 0.1) is 4.47 Å². The van der Waals surface area contributed by atoms with Gasteiger partial charge < -0.3 is 5.73 Å². The molecule has 0 saturated carbocycles. The molecule has 0 atom stereocenters. The minimum absolute atomic E-state index is 0.508. The van der Waals surface area contributed by atoms with E-state index in [1.807, 2.05) is 0 Å². The van der Waals surface area contributed by atoms with E-state index < -0.39 is 0 Å². The second-order valence-electron chi connectivity index (χ2n) is 2.58. The van der Waals surface area contributed by atoms with Crippen LogP contribution in [-0.4, -0.2) is 15.7 Å². The number of thioether (sulfide) groups is 1. The third-order valence-electron chi connectivity index (χ3n) is 1.52. The summed E-state index contributed by atoms with van der Waals surface area (Å²) in [7, 11) is 0. The standard InChI is InChI=1S/C8H12BrN3S/c1-2-3-4-13-8-6(9)7(10)11-5-12-8/h5H,2-4H2,1H3,(H2,10,11,12). The minimum atomic E-state index is 0.508. The molecule has 3 nitrogen and oxygen atoms in total. The number of rotatable bonds is 4. The van der Waals surface area contributed by atoms with Crippen molar-refractivity contribution in [3.05, 3.63) is 10.8 Å². The van der Waals surface area contributed by atoms with Crippen LogP contribution in [0.4, 0.5) is 5.82 Å². The van der Waals surface area contributed by atoms with Crippen LogP contribution in [0.15, 0.2) is 15.8 Å². The van der Waals surface area contributed by atoms with Gasteiger partial charge in [-0.3, -0.25) is 0 Å². The van der Waals surface area contributed by atoms with Gasteiger partial charge in [0, 0.05) is 0 Å². The summed E-state index contributed by atoms with van der Waals surface area (Å²) in [5, 5.41) is 0.931. The molecule has 0 unspecified atom stereocenters. The van der Waals surface area contributed by atoms with Gasteiger partial charge in [0.25, 0.3) is 0 Å². The highest BCUT2D eigenvalue weighted by molar-refractivity contribution is 9.10. The highest BCUT2D eigenvalue weighted by Gasteiger charge is 2.05. The van der Waals surface area contributed by atoms with Gasteiger partial charge in [-0.2, -0.15) is 0 Å². The Bertz CT molecular complexity index is 280. The molecular weight excluding hydrogens is 250 g/mol. The number of aromatic nitrogens is 2. The van der Waals surface area contributed by atoms with Gasteiger partial charge in [-0.05, 0) is 28.1 Å². The summed E-state index contributed by atoms with van der Waals surface area (Å²) in [6.45, 7) is 2.17. The Morgan fingerprint density at radius 1 is 1.54 bits per heavy atom. The summed E-state index contributed by atoms with van der Waals surface area (Å²) in [5.74, 6) is 1.58. The summed E-state index contributed by atoms with van der Waals surface area (Å²) < 4.78 is 0.816. The molecule has 1 aromatic rings. The number of anilines is 1. The van der Waals surface area contributed by atoms with E-state index in [-0.39, 0.29) is 0 Å². The first kappa shape index (κ1) is 10.8. The lowest BCUT2D eigenvalue weighted by Crippen LogP contribution is -1.95. The molecule has 0 aliphatic carbocycles. The fourth-order valence-electron chi connectivity index (χ4n) is 0.780. The van der Waals surface area contributed by atoms with Crippen molar-refractivity contribution in [2.75, 3.05) is 11.5 Å². The lowest BCUT2D eigenvalue weighted by Gasteiger charge is -2.03. The average Bonchev–Trinajstić information content (AvgIpc) is 2.13. The zero-order valence-electron chi connectivity index (χ0n) is 7.46. The first-order valence-electron chi connectivity index (χ1n) is 4.14. The van der Waals surface area contributed by atoms with E-state index in [0.717, 1.165) is 15.3 Å². The normalized spacial score (nSPS) is 10.3. The van der Waals surface area contributed by atoms with E-state index >= 15 is 0 Å². The van der Waals surface area contributed by atoms with E-state index in [1.54, 1.807) is 11.8 Å². The molecule has 0 radical (unpaired) electrons. The van der Waals surface area contributed by atoms with Gasteiger partial charge in [-0.1, -0.05) is 13.3 Å². The zero-order valence-corrected chi connectivity index (χ0v) is 9.86. The van der Waals surface area contributed by atoms with Crippen molar-refractivity contribution in [1.29, 1.82) is 0 Å². The van der Waals surface area contributed by atoms with Crippen molar-refractivity contribution in [2.45, 2.75) is 24.8 Å². The van der Waals surface area contributed by atoms with Crippen molar-refractivity contribution < 1.29 is 0 Å². The number of nitrogens with two attached hydrogens (primary N) is 1. The second-order valence-corrected chi connectivity index (χ2v) is 4.46. The maximum atomic E-state index is 5.61. The summed E-state index contributed by atoms with van der Waals surface area (Å²) in [6.07, 6.45) is 3.89. The Kier molecular flexibility index (Phi) is 4.52. The Hall–Kier alpha value is -0.290. The molecule has 0 fully saturated rings. The van der Waals surface area contributed by atoms with Crippen LogP contribution >= 0.6 is 27.7 Å². The average molecular weight is 262 g/mol. The van der Waals surface area contributed by atoms with Crippen molar-refractivity contribution in [3.8, 4) is 0 Å². The van der Waals surface area contributed by atoms with Gasteiger partial charge in [0.1, 0.15) is 17.2 Å². The summed E-state index contributed by atoms with van der Waals surface area (Å²) in [4.78, 5) is 8.01. The molecular formula is C8H12BrN3S. The van der Waals surface area contributed by atoms with Crippen LogP contribution in [-0.2, 0) is 0 Å². The van der Waals surface area contributed by atoms with Gasteiger partial charge in [-0.25, -0.2) is 9.97 Å². The zero-order chi connectivity index (χ0) is 9.68. The molecule has 1 heterocycles. The van der Waals surface area contributed by atoms with E-state index in [4.69, 9.17) is 5.73 Å². The van der Waals surface area contributed by atoms with Crippen molar-refractivity contribution >= 4 is 33.5 Å². The summed E-state index contributed by atoms with van der Waals surface area (Å²) in [5.41, 5.74) is 5.61. The Morgan fingerprint density at radius 3 is 3.00 bits per heavy atom. The number of hydrogen-bond acceptors (Lipinski definition) is 4. The topological polar surface area (TPSA) is 51.8 Å². The number of unbranched alkanes of at least 4 members (excludes halogenated alkanes) is 1.